The summed E-state index contributed by atoms with van der Waals surface area (Å²) >= 11 is 0. The van der Waals surface area contributed by atoms with E-state index in [1.54, 1.807) is 12.1 Å². The van der Waals surface area contributed by atoms with Crippen LogP contribution in [0.25, 0.3) is 10.9 Å². The number of rotatable bonds is 7. The molecule has 0 aliphatic carbocycles. The third-order valence-corrected chi connectivity index (χ3v) is 7.64. The third-order valence-electron chi connectivity index (χ3n) is 7.64. The maximum absolute atomic E-state index is 13.6. The van der Waals surface area contributed by atoms with Crippen molar-refractivity contribution in [1.29, 1.82) is 0 Å². The third kappa shape index (κ3) is 4.11. The molecule has 0 spiro atoms. The Morgan fingerprint density at radius 2 is 1.91 bits per heavy atom. The van der Waals surface area contributed by atoms with E-state index in [-0.39, 0.29) is 30.3 Å². The van der Waals surface area contributed by atoms with E-state index in [1.807, 2.05) is 43.0 Å². The SMILES string of the molecule is CCCC1(C2CCN(C(=O)Cc3c(C)[nH]c4ccccc34)CC2)NC(=O)N(Cc2ccco2)C1=O. The highest BCUT2D eigenvalue weighted by molar-refractivity contribution is 6.07. The van der Waals surface area contributed by atoms with Crippen molar-refractivity contribution >= 4 is 28.7 Å². The first-order valence-corrected chi connectivity index (χ1v) is 12.4. The van der Waals surface area contributed by atoms with Gasteiger partial charge in [-0.1, -0.05) is 31.5 Å². The van der Waals surface area contributed by atoms with Crippen LogP contribution in [-0.2, 0) is 22.6 Å². The van der Waals surface area contributed by atoms with Gasteiger partial charge in [-0.3, -0.25) is 14.5 Å². The number of likely N-dealkylation sites (tertiary alicyclic amines) is 1. The van der Waals surface area contributed by atoms with Crippen LogP contribution >= 0.6 is 0 Å². The lowest BCUT2D eigenvalue weighted by Crippen LogP contribution is -2.56. The number of amides is 4. The molecule has 35 heavy (non-hydrogen) atoms. The number of H-pyrrole nitrogens is 1. The molecule has 0 bridgehead atoms. The topological polar surface area (TPSA) is 98.7 Å². The van der Waals surface area contributed by atoms with Crippen LogP contribution in [0.5, 0.6) is 0 Å². The number of carbonyl (C=O) groups excluding carboxylic acids is 3. The number of aromatic nitrogens is 1. The predicted molar refractivity (Wildman–Crippen MR) is 131 cm³/mol. The van der Waals surface area contributed by atoms with Crippen LogP contribution in [0.4, 0.5) is 4.79 Å². The molecule has 184 valence electrons. The van der Waals surface area contributed by atoms with Crippen molar-refractivity contribution in [2.75, 3.05) is 13.1 Å². The number of aryl methyl sites for hydroxylation is 1. The summed E-state index contributed by atoms with van der Waals surface area (Å²) in [6.07, 6.45) is 4.61. The number of urea groups is 1. The summed E-state index contributed by atoms with van der Waals surface area (Å²) in [5.41, 5.74) is 2.19. The molecule has 1 aromatic carbocycles. The van der Waals surface area contributed by atoms with Crippen molar-refractivity contribution < 1.29 is 18.8 Å². The second kappa shape index (κ2) is 9.24. The molecule has 1 atom stereocenters. The Kier molecular flexibility index (Phi) is 6.13. The number of nitrogens with one attached hydrogen (secondary N) is 2. The van der Waals surface area contributed by atoms with Gasteiger partial charge in [0.15, 0.2) is 0 Å². The fourth-order valence-electron chi connectivity index (χ4n) is 5.84. The summed E-state index contributed by atoms with van der Waals surface area (Å²) in [6.45, 7) is 5.32. The number of fused-ring (bicyclic) bond motifs is 1. The quantitative estimate of drug-likeness (QED) is 0.501. The molecule has 0 saturated carbocycles. The molecule has 0 radical (unpaired) electrons. The molecule has 4 heterocycles. The number of furan rings is 1. The number of imide groups is 1. The summed E-state index contributed by atoms with van der Waals surface area (Å²) < 4.78 is 5.36. The maximum atomic E-state index is 13.6. The molecular weight excluding hydrogens is 444 g/mol. The van der Waals surface area contributed by atoms with Crippen LogP contribution in [0.1, 0.15) is 49.6 Å². The number of piperidine rings is 1. The van der Waals surface area contributed by atoms with E-state index >= 15 is 0 Å². The van der Waals surface area contributed by atoms with Gasteiger partial charge in [-0.05, 0) is 55.9 Å². The summed E-state index contributed by atoms with van der Waals surface area (Å²) in [7, 11) is 0. The Morgan fingerprint density at radius 3 is 2.63 bits per heavy atom. The molecule has 1 unspecified atom stereocenters. The molecule has 8 heteroatoms. The lowest BCUT2D eigenvalue weighted by molar-refractivity contribution is -0.136. The Labute approximate surface area is 204 Å². The van der Waals surface area contributed by atoms with Crippen LogP contribution in [0, 0.1) is 12.8 Å². The molecule has 2 fully saturated rings. The zero-order chi connectivity index (χ0) is 24.6. The van der Waals surface area contributed by atoms with Crippen LogP contribution in [0.2, 0.25) is 0 Å². The van der Waals surface area contributed by atoms with Crippen molar-refractivity contribution in [3.05, 3.63) is 59.7 Å². The molecule has 4 amide bonds. The van der Waals surface area contributed by atoms with Gasteiger partial charge in [0.1, 0.15) is 11.3 Å². The average molecular weight is 477 g/mol. The number of carbonyl (C=O) groups is 3. The highest BCUT2D eigenvalue weighted by Gasteiger charge is 2.55. The molecule has 2 aliphatic rings. The minimum atomic E-state index is -0.916. The molecule has 5 rings (SSSR count). The van der Waals surface area contributed by atoms with E-state index in [0.29, 0.717) is 44.5 Å². The largest absolute Gasteiger partial charge is 0.467 e. The highest BCUT2D eigenvalue weighted by atomic mass is 16.3. The minimum absolute atomic E-state index is 0.0145. The van der Waals surface area contributed by atoms with E-state index < -0.39 is 5.54 Å². The molecule has 2 N–H and O–H groups in total. The van der Waals surface area contributed by atoms with Gasteiger partial charge in [-0.25, -0.2) is 4.79 Å². The van der Waals surface area contributed by atoms with Crippen molar-refractivity contribution in [3.63, 3.8) is 0 Å². The van der Waals surface area contributed by atoms with Crippen molar-refractivity contribution in [2.24, 2.45) is 5.92 Å². The number of hydrogen-bond acceptors (Lipinski definition) is 4. The van der Waals surface area contributed by atoms with E-state index in [2.05, 4.69) is 10.3 Å². The summed E-state index contributed by atoms with van der Waals surface area (Å²) in [4.78, 5) is 46.1. The standard InChI is InChI=1S/C27H32N4O4/c1-3-12-27(25(33)31(26(34)29-27)17-20-7-6-15-35-20)19-10-13-30(14-11-19)24(32)16-22-18(2)28-23-9-5-4-8-21(22)23/h4-9,15,19,28H,3,10-14,16-17H2,1-2H3,(H,29,34). The first-order chi connectivity index (χ1) is 16.9. The second-order valence-electron chi connectivity index (χ2n) is 9.73. The van der Waals surface area contributed by atoms with Crippen LogP contribution in [0.15, 0.2) is 47.1 Å². The van der Waals surface area contributed by atoms with Crippen LogP contribution in [-0.4, -0.2) is 51.3 Å². The van der Waals surface area contributed by atoms with Gasteiger partial charge in [0.05, 0.1) is 19.2 Å². The fraction of sp³-hybridized carbons (Fsp3) is 0.444. The monoisotopic (exact) mass is 476 g/mol. The van der Waals surface area contributed by atoms with Gasteiger partial charge in [0.25, 0.3) is 5.91 Å². The average Bonchev–Trinajstić information content (AvgIpc) is 3.54. The lowest BCUT2D eigenvalue weighted by atomic mass is 9.74. The Hall–Kier alpha value is -3.55. The van der Waals surface area contributed by atoms with Gasteiger partial charge in [-0.15, -0.1) is 0 Å². The van der Waals surface area contributed by atoms with Crippen molar-refractivity contribution in [3.8, 4) is 0 Å². The summed E-state index contributed by atoms with van der Waals surface area (Å²) in [5.74, 6) is 0.482. The number of nitrogens with zero attached hydrogens (tertiary/aromatic N) is 2. The van der Waals surface area contributed by atoms with E-state index in [9.17, 15) is 14.4 Å². The number of aromatic amines is 1. The van der Waals surface area contributed by atoms with Gasteiger partial charge in [-0.2, -0.15) is 0 Å². The minimum Gasteiger partial charge on any atom is -0.467 e. The maximum Gasteiger partial charge on any atom is 0.325 e. The highest BCUT2D eigenvalue weighted by Crippen LogP contribution is 2.38. The smallest absolute Gasteiger partial charge is 0.325 e. The summed E-state index contributed by atoms with van der Waals surface area (Å²) in [6, 6.07) is 11.2. The van der Waals surface area contributed by atoms with Crippen molar-refractivity contribution in [2.45, 2.75) is 58.0 Å². The van der Waals surface area contributed by atoms with E-state index in [1.165, 1.54) is 11.2 Å². The fourth-order valence-corrected chi connectivity index (χ4v) is 5.84. The number of para-hydroxylation sites is 1. The molecule has 3 aromatic rings. The zero-order valence-electron chi connectivity index (χ0n) is 20.3. The van der Waals surface area contributed by atoms with Gasteiger partial charge >= 0.3 is 6.03 Å². The number of benzene rings is 1. The molecule has 2 aromatic heterocycles. The van der Waals surface area contributed by atoms with Crippen LogP contribution < -0.4 is 5.32 Å². The Bertz CT molecular complexity index is 1240. The molecule has 2 aliphatic heterocycles. The Morgan fingerprint density at radius 1 is 1.14 bits per heavy atom. The first kappa shape index (κ1) is 23.2. The van der Waals surface area contributed by atoms with Crippen LogP contribution in [0.3, 0.4) is 0 Å². The normalized spacial score (nSPS) is 21.2. The van der Waals surface area contributed by atoms with Gasteiger partial charge in [0, 0.05) is 29.7 Å². The Balaban J connectivity index is 1.27. The number of hydrogen-bond donors (Lipinski definition) is 2. The zero-order valence-corrected chi connectivity index (χ0v) is 20.3. The molecule has 2 saturated heterocycles. The summed E-state index contributed by atoms with van der Waals surface area (Å²) in [5, 5.41) is 4.14. The molecule has 8 nitrogen and oxygen atoms in total. The van der Waals surface area contributed by atoms with Crippen molar-refractivity contribution in [1.82, 2.24) is 20.1 Å². The predicted octanol–water partition coefficient (Wildman–Crippen LogP) is 4.14. The molecular formula is C27H32N4O4. The van der Waals surface area contributed by atoms with E-state index in [0.717, 1.165) is 28.6 Å². The van der Waals surface area contributed by atoms with Gasteiger partial charge < -0.3 is 19.6 Å². The van der Waals surface area contributed by atoms with E-state index in [4.69, 9.17) is 4.42 Å². The lowest BCUT2D eigenvalue weighted by Gasteiger charge is -2.41. The second-order valence-corrected chi connectivity index (χ2v) is 9.73. The van der Waals surface area contributed by atoms with Gasteiger partial charge in [0.2, 0.25) is 5.91 Å². The first-order valence-electron chi connectivity index (χ1n) is 12.4.